The number of halogens is 1. The normalized spacial score (nSPS) is 16.8. The van der Waals surface area contributed by atoms with Gasteiger partial charge in [0.05, 0.1) is 28.8 Å². The fourth-order valence-electron chi connectivity index (χ4n) is 8.10. The Kier molecular flexibility index (Phi) is 6.77. The summed E-state index contributed by atoms with van der Waals surface area (Å²) in [5, 5.41) is 9.99. The number of para-hydroxylation sites is 3. The fraction of sp³-hybridized carbons (Fsp3) is 0.140. The van der Waals surface area contributed by atoms with Crippen molar-refractivity contribution in [1.82, 2.24) is 14.7 Å². The maximum Gasteiger partial charge on any atom is 0.179 e. The Bertz CT molecular complexity index is 2470. The average Bonchev–Trinajstić information content (AvgIpc) is 3.52. The summed E-state index contributed by atoms with van der Waals surface area (Å²) < 4.78 is 15.7. The number of aryl methyl sites for hydroxylation is 1. The molecule has 0 saturated carbocycles. The molecule has 1 unspecified atom stereocenters. The molecule has 0 aliphatic carbocycles. The van der Waals surface area contributed by atoms with Crippen LogP contribution in [0.15, 0.2) is 143 Å². The summed E-state index contributed by atoms with van der Waals surface area (Å²) in [4.78, 5) is 18.0. The Morgan fingerprint density at radius 1 is 0.588 bits per heavy atom. The topological polar surface area (TPSA) is 52.3 Å². The molecule has 8 heteroatoms. The highest BCUT2D eigenvalue weighted by Crippen LogP contribution is 2.51. The molecule has 0 amide bonds. The van der Waals surface area contributed by atoms with Crippen LogP contribution in [0.1, 0.15) is 22.9 Å². The summed E-state index contributed by atoms with van der Waals surface area (Å²) in [5.74, 6) is 2.27. The van der Waals surface area contributed by atoms with Gasteiger partial charge in [-0.05, 0) is 88.6 Å². The van der Waals surface area contributed by atoms with Gasteiger partial charge in [0.25, 0.3) is 0 Å². The van der Waals surface area contributed by atoms with E-state index in [2.05, 4.69) is 113 Å². The lowest BCUT2D eigenvalue weighted by Gasteiger charge is -2.45. The van der Waals surface area contributed by atoms with Crippen LogP contribution in [0.4, 0.5) is 27.3 Å². The molecule has 1 saturated heterocycles. The van der Waals surface area contributed by atoms with Crippen molar-refractivity contribution in [2.24, 2.45) is 9.98 Å². The summed E-state index contributed by atoms with van der Waals surface area (Å²) >= 11 is 0. The summed E-state index contributed by atoms with van der Waals surface area (Å²) in [6.07, 6.45) is 0. The van der Waals surface area contributed by atoms with Gasteiger partial charge in [0.1, 0.15) is 5.82 Å². The van der Waals surface area contributed by atoms with Crippen LogP contribution in [0, 0.1) is 12.7 Å². The minimum atomic E-state index is -0.242. The number of aliphatic imine (C=N–C) groups is 2. The number of amidine groups is 2. The number of rotatable bonds is 3. The van der Waals surface area contributed by atoms with Crippen molar-refractivity contribution in [3.05, 3.63) is 156 Å². The van der Waals surface area contributed by atoms with Crippen molar-refractivity contribution in [2.75, 3.05) is 36.0 Å². The van der Waals surface area contributed by atoms with Crippen molar-refractivity contribution in [1.29, 1.82) is 0 Å². The molecule has 7 nitrogen and oxygen atoms in total. The Hall–Kier alpha value is -6.28. The van der Waals surface area contributed by atoms with Crippen LogP contribution in [-0.2, 0) is 0 Å². The van der Waals surface area contributed by atoms with Crippen LogP contribution in [0.5, 0.6) is 0 Å². The smallest absolute Gasteiger partial charge is 0.179 e. The van der Waals surface area contributed by atoms with Gasteiger partial charge in [0, 0.05) is 37.4 Å². The van der Waals surface area contributed by atoms with Gasteiger partial charge in [-0.25, -0.2) is 19.1 Å². The second-order valence-electron chi connectivity index (χ2n) is 13.4. The van der Waals surface area contributed by atoms with Crippen molar-refractivity contribution in [3.63, 3.8) is 0 Å². The molecule has 3 aliphatic heterocycles. The number of benzene rings is 6. The van der Waals surface area contributed by atoms with Crippen molar-refractivity contribution in [2.45, 2.75) is 13.0 Å². The number of hydrogen-bond acceptors (Lipinski definition) is 6. The van der Waals surface area contributed by atoms with E-state index in [4.69, 9.17) is 15.1 Å². The largest absolute Gasteiger partial charge is 0.368 e. The number of piperazine rings is 1. The van der Waals surface area contributed by atoms with Crippen LogP contribution >= 0.6 is 0 Å². The predicted molar refractivity (Wildman–Crippen MR) is 205 cm³/mol. The van der Waals surface area contributed by atoms with Crippen LogP contribution in [0.2, 0.25) is 0 Å². The molecule has 0 bridgehead atoms. The monoisotopic (exact) mass is 667 g/mol. The van der Waals surface area contributed by atoms with E-state index in [1.807, 2.05) is 35.0 Å². The third kappa shape index (κ3) is 4.74. The van der Waals surface area contributed by atoms with E-state index in [9.17, 15) is 4.39 Å². The van der Waals surface area contributed by atoms with Gasteiger partial charge in [-0.2, -0.15) is 5.10 Å². The van der Waals surface area contributed by atoms with Crippen LogP contribution in [0.25, 0.3) is 27.2 Å². The second kappa shape index (κ2) is 11.7. The Balaban J connectivity index is 1.21. The Morgan fingerprint density at radius 2 is 1.22 bits per heavy atom. The van der Waals surface area contributed by atoms with E-state index in [-0.39, 0.29) is 11.9 Å². The maximum atomic E-state index is 13.7. The highest BCUT2D eigenvalue weighted by molar-refractivity contribution is 6.48. The summed E-state index contributed by atoms with van der Waals surface area (Å²) in [6.45, 7) is 5.17. The SMILES string of the molecule is Cc1nn(-c2ccccc2)c2c1C(c1c3ccccc3cc3ccccc13)N1C(=N2)C(N2CCN(c3ccc(F)cc3)CC2)=Nc2ccccc21. The van der Waals surface area contributed by atoms with E-state index >= 15 is 0 Å². The molecule has 248 valence electrons. The molecular weight excluding hydrogens is 634 g/mol. The van der Waals surface area contributed by atoms with Crippen LogP contribution in [0.3, 0.4) is 0 Å². The van der Waals surface area contributed by atoms with Gasteiger partial charge in [0.2, 0.25) is 0 Å². The van der Waals surface area contributed by atoms with E-state index in [0.717, 1.165) is 77.7 Å². The van der Waals surface area contributed by atoms with Crippen molar-refractivity contribution in [3.8, 4) is 5.69 Å². The standard InChI is InChI=1S/C43H34FN7/c1-28-38-40(39-34-15-7-5-11-29(34)27-30-12-6-8-16-35(30)39)50-37-18-10-9-17-36(37)45-42(43(50)46-41(38)51(47-28)33-13-3-2-4-14-33)49-25-23-48(24-26-49)32-21-19-31(44)20-22-32/h2-22,27,40H,23-26H2,1H3. The second-order valence-corrected chi connectivity index (χ2v) is 13.4. The summed E-state index contributed by atoms with van der Waals surface area (Å²) in [5.41, 5.74) is 7.17. The lowest BCUT2D eigenvalue weighted by atomic mass is 9.86. The zero-order chi connectivity index (χ0) is 34.1. The Morgan fingerprint density at radius 3 is 1.94 bits per heavy atom. The predicted octanol–water partition coefficient (Wildman–Crippen LogP) is 9.13. The molecule has 4 heterocycles. The van der Waals surface area contributed by atoms with Gasteiger partial charge in [0.15, 0.2) is 17.5 Å². The average molecular weight is 668 g/mol. The zero-order valence-electron chi connectivity index (χ0n) is 28.1. The number of nitrogens with zero attached hydrogens (tertiary/aromatic N) is 7. The van der Waals surface area contributed by atoms with Gasteiger partial charge in [-0.1, -0.05) is 78.9 Å². The number of fused-ring (bicyclic) bond motifs is 6. The highest BCUT2D eigenvalue weighted by atomic mass is 19.1. The maximum absolute atomic E-state index is 13.7. The van der Waals surface area contributed by atoms with E-state index in [0.29, 0.717) is 0 Å². The quantitative estimate of drug-likeness (QED) is 0.177. The molecule has 7 aromatic rings. The Labute approximate surface area is 295 Å². The first-order valence-electron chi connectivity index (χ1n) is 17.5. The number of anilines is 2. The lowest BCUT2D eigenvalue weighted by molar-refractivity contribution is 0.389. The lowest BCUT2D eigenvalue weighted by Crippen LogP contribution is -2.55. The van der Waals surface area contributed by atoms with Gasteiger partial charge in [-0.3, -0.25) is 0 Å². The first-order valence-corrected chi connectivity index (χ1v) is 17.5. The molecule has 1 fully saturated rings. The van der Waals surface area contributed by atoms with E-state index in [1.165, 1.54) is 39.2 Å². The summed E-state index contributed by atoms with van der Waals surface area (Å²) in [6, 6.07) is 45.0. The minimum Gasteiger partial charge on any atom is -0.368 e. The first kappa shape index (κ1) is 29.6. The molecule has 0 N–H and O–H groups in total. The van der Waals surface area contributed by atoms with E-state index in [1.54, 1.807) is 0 Å². The number of hydrogen-bond donors (Lipinski definition) is 0. The molecular formula is C43H34FN7. The highest BCUT2D eigenvalue weighted by Gasteiger charge is 2.44. The van der Waals surface area contributed by atoms with Crippen LogP contribution < -0.4 is 9.80 Å². The molecule has 0 radical (unpaired) electrons. The van der Waals surface area contributed by atoms with Crippen molar-refractivity contribution >= 4 is 56.1 Å². The molecule has 51 heavy (non-hydrogen) atoms. The molecule has 0 spiro atoms. The molecule has 10 rings (SSSR count). The van der Waals surface area contributed by atoms with Gasteiger partial charge in [-0.15, -0.1) is 0 Å². The molecule has 6 aromatic carbocycles. The number of aromatic nitrogens is 2. The minimum absolute atomic E-state index is 0.221. The van der Waals surface area contributed by atoms with E-state index < -0.39 is 0 Å². The molecule has 1 aromatic heterocycles. The van der Waals surface area contributed by atoms with Gasteiger partial charge >= 0.3 is 0 Å². The molecule has 1 atom stereocenters. The van der Waals surface area contributed by atoms with Crippen LogP contribution in [-0.4, -0.2) is 52.5 Å². The van der Waals surface area contributed by atoms with Gasteiger partial charge < -0.3 is 14.7 Å². The first-order chi connectivity index (χ1) is 25.1. The summed E-state index contributed by atoms with van der Waals surface area (Å²) in [7, 11) is 0. The third-order valence-electron chi connectivity index (χ3n) is 10.5. The zero-order valence-corrected chi connectivity index (χ0v) is 28.1. The van der Waals surface area contributed by atoms with Crippen molar-refractivity contribution < 1.29 is 4.39 Å². The third-order valence-corrected chi connectivity index (χ3v) is 10.5. The fourth-order valence-corrected chi connectivity index (χ4v) is 8.10. The molecule has 3 aliphatic rings.